The molecule has 0 saturated carbocycles. The van der Waals surface area contributed by atoms with Crippen molar-refractivity contribution in [2.75, 3.05) is 5.32 Å². The number of carbonyl (C=O) groups is 1. The summed E-state index contributed by atoms with van der Waals surface area (Å²) in [7, 11) is 0. The minimum atomic E-state index is -0.864. The van der Waals surface area contributed by atoms with E-state index < -0.39 is 23.4 Å². The molecular formula is C16H9ClF3N3OS. The zero-order valence-electron chi connectivity index (χ0n) is 12.4. The lowest BCUT2D eigenvalue weighted by Crippen LogP contribution is -2.12. The third-order valence-corrected chi connectivity index (χ3v) is 4.39. The molecule has 0 fully saturated rings. The Morgan fingerprint density at radius 3 is 2.52 bits per heavy atom. The molecule has 1 heterocycles. The van der Waals surface area contributed by atoms with Crippen LogP contribution in [0.1, 0.15) is 20.9 Å². The fourth-order valence-electron chi connectivity index (χ4n) is 2.08. The molecule has 0 spiro atoms. The van der Waals surface area contributed by atoms with Gasteiger partial charge in [0.15, 0.2) is 0 Å². The Morgan fingerprint density at radius 2 is 1.84 bits per heavy atom. The van der Waals surface area contributed by atoms with E-state index in [1.54, 1.807) is 6.07 Å². The van der Waals surface area contributed by atoms with Crippen molar-refractivity contribution < 1.29 is 18.0 Å². The quantitative estimate of drug-likeness (QED) is 0.724. The maximum Gasteiger partial charge on any atom is 0.257 e. The molecule has 9 heteroatoms. The first-order valence-electron chi connectivity index (χ1n) is 6.95. The van der Waals surface area contributed by atoms with Crippen LogP contribution in [0.25, 0.3) is 0 Å². The van der Waals surface area contributed by atoms with Crippen LogP contribution in [0.5, 0.6) is 0 Å². The van der Waals surface area contributed by atoms with E-state index in [1.165, 1.54) is 12.1 Å². The molecule has 4 nitrogen and oxygen atoms in total. The molecule has 3 aromatic rings. The van der Waals surface area contributed by atoms with Crippen molar-refractivity contribution in [3.8, 4) is 0 Å². The normalized spacial score (nSPS) is 10.7. The lowest BCUT2D eigenvalue weighted by Gasteiger charge is -2.03. The number of hydrogen-bond acceptors (Lipinski definition) is 4. The molecule has 0 aliphatic heterocycles. The molecule has 0 aliphatic rings. The summed E-state index contributed by atoms with van der Waals surface area (Å²) in [6.07, 6.45) is 0.105. The molecule has 0 unspecified atom stereocenters. The number of aromatic nitrogens is 2. The van der Waals surface area contributed by atoms with E-state index in [0.29, 0.717) is 11.1 Å². The second kappa shape index (κ2) is 7.20. The van der Waals surface area contributed by atoms with Crippen molar-refractivity contribution in [2.45, 2.75) is 6.42 Å². The second-order valence-electron chi connectivity index (χ2n) is 4.99. The Labute approximate surface area is 149 Å². The molecule has 1 N–H and O–H groups in total. The van der Waals surface area contributed by atoms with Crippen LogP contribution in [-0.4, -0.2) is 16.1 Å². The Morgan fingerprint density at radius 1 is 1.12 bits per heavy atom. The Hall–Kier alpha value is -2.45. The number of nitrogens with one attached hydrogen (secondary N) is 1. The van der Waals surface area contributed by atoms with Gasteiger partial charge in [-0.05, 0) is 24.3 Å². The highest BCUT2D eigenvalue weighted by Crippen LogP contribution is 2.25. The molecular weight excluding hydrogens is 375 g/mol. The summed E-state index contributed by atoms with van der Waals surface area (Å²) in [5.74, 6) is -2.93. The van der Waals surface area contributed by atoms with E-state index in [1.807, 2.05) is 0 Å². The molecule has 1 aromatic heterocycles. The lowest BCUT2D eigenvalue weighted by molar-refractivity contribution is 0.102. The van der Waals surface area contributed by atoms with E-state index in [0.717, 1.165) is 23.5 Å². The van der Waals surface area contributed by atoms with Crippen LogP contribution < -0.4 is 5.32 Å². The van der Waals surface area contributed by atoms with Gasteiger partial charge in [-0.25, -0.2) is 13.2 Å². The van der Waals surface area contributed by atoms with Gasteiger partial charge in [0.25, 0.3) is 5.91 Å². The molecule has 128 valence electrons. The fraction of sp³-hybridized carbons (Fsp3) is 0.0625. The lowest BCUT2D eigenvalue weighted by atomic mass is 10.1. The molecule has 2 aromatic carbocycles. The average molecular weight is 384 g/mol. The summed E-state index contributed by atoms with van der Waals surface area (Å²) in [4.78, 5) is 12.0. The van der Waals surface area contributed by atoms with Crippen molar-refractivity contribution in [3.05, 3.63) is 75.0 Å². The van der Waals surface area contributed by atoms with Gasteiger partial charge in [0, 0.05) is 28.6 Å². The number of carbonyl (C=O) groups excluding carboxylic acids is 1. The van der Waals surface area contributed by atoms with Gasteiger partial charge >= 0.3 is 0 Å². The third-order valence-electron chi connectivity index (χ3n) is 3.20. The summed E-state index contributed by atoms with van der Waals surface area (Å²) in [6, 6.07) is 6.80. The van der Waals surface area contributed by atoms with Gasteiger partial charge in [-0.3, -0.25) is 10.1 Å². The summed E-state index contributed by atoms with van der Waals surface area (Å²) >= 11 is 6.97. The van der Waals surface area contributed by atoms with Gasteiger partial charge in [0.05, 0.1) is 0 Å². The predicted octanol–water partition coefficient (Wildman–Crippen LogP) is 4.45. The third kappa shape index (κ3) is 4.15. The monoisotopic (exact) mass is 383 g/mol. The van der Waals surface area contributed by atoms with Crippen molar-refractivity contribution in [1.29, 1.82) is 0 Å². The van der Waals surface area contributed by atoms with Gasteiger partial charge in [-0.2, -0.15) is 0 Å². The van der Waals surface area contributed by atoms with Crippen LogP contribution in [0.3, 0.4) is 0 Å². The Kier molecular flexibility index (Phi) is 5.00. The zero-order valence-corrected chi connectivity index (χ0v) is 14.0. The first kappa shape index (κ1) is 17.4. The molecule has 3 rings (SSSR count). The number of halogens is 4. The number of nitrogens with zero attached hydrogens (tertiary/aromatic N) is 2. The molecule has 0 aliphatic carbocycles. The summed E-state index contributed by atoms with van der Waals surface area (Å²) in [5.41, 5.74) is 0.0804. The van der Waals surface area contributed by atoms with Crippen LogP contribution in [0.15, 0.2) is 36.4 Å². The van der Waals surface area contributed by atoms with E-state index in [4.69, 9.17) is 11.6 Å². The van der Waals surface area contributed by atoms with Crippen molar-refractivity contribution in [2.24, 2.45) is 0 Å². The number of anilines is 1. The molecule has 25 heavy (non-hydrogen) atoms. The van der Waals surface area contributed by atoms with Gasteiger partial charge in [0.1, 0.15) is 22.5 Å². The van der Waals surface area contributed by atoms with E-state index >= 15 is 0 Å². The maximum absolute atomic E-state index is 13.8. The average Bonchev–Trinajstić information content (AvgIpc) is 2.97. The molecule has 0 saturated heterocycles. The largest absolute Gasteiger partial charge is 0.296 e. The highest BCUT2D eigenvalue weighted by Gasteiger charge is 2.15. The Balaban J connectivity index is 1.74. The minimum absolute atomic E-state index is 0.105. The molecule has 0 bridgehead atoms. The van der Waals surface area contributed by atoms with Gasteiger partial charge < -0.3 is 0 Å². The highest BCUT2D eigenvalue weighted by atomic mass is 35.5. The SMILES string of the molecule is O=C(Nc1nnc(Cc2c(F)cccc2Cl)s1)c1cc(F)cc(F)c1. The number of benzene rings is 2. The zero-order chi connectivity index (χ0) is 18.0. The smallest absolute Gasteiger partial charge is 0.257 e. The number of amides is 1. The van der Waals surface area contributed by atoms with Crippen molar-refractivity contribution in [3.63, 3.8) is 0 Å². The van der Waals surface area contributed by atoms with Gasteiger partial charge in [-0.15, -0.1) is 10.2 Å². The first-order valence-corrected chi connectivity index (χ1v) is 8.14. The molecule has 0 radical (unpaired) electrons. The van der Waals surface area contributed by atoms with Gasteiger partial charge in [-0.1, -0.05) is 29.0 Å². The number of rotatable bonds is 4. The van der Waals surface area contributed by atoms with E-state index in [9.17, 15) is 18.0 Å². The summed E-state index contributed by atoms with van der Waals surface area (Å²) < 4.78 is 40.1. The van der Waals surface area contributed by atoms with Crippen LogP contribution in [0.4, 0.5) is 18.3 Å². The highest BCUT2D eigenvalue weighted by molar-refractivity contribution is 7.15. The van der Waals surface area contributed by atoms with Crippen LogP contribution in [0, 0.1) is 17.5 Å². The van der Waals surface area contributed by atoms with E-state index in [-0.39, 0.29) is 27.7 Å². The maximum atomic E-state index is 13.8. The van der Waals surface area contributed by atoms with Crippen LogP contribution in [0.2, 0.25) is 5.02 Å². The second-order valence-corrected chi connectivity index (χ2v) is 6.46. The van der Waals surface area contributed by atoms with Crippen LogP contribution in [-0.2, 0) is 6.42 Å². The first-order chi connectivity index (χ1) is 11.9. The summed E-state index contributed by atoms with van der Waals surface area (Å²) in [5, 5.41) is 10.8. The molecule has 0 atom stereocenters. The van der Waals surface area contributed by atoms with E-state index in [2.05, 4.69) is 15.5 Å². The van der Waals surface area contributed by atoms with Gasteiger partial charge in [0.2, 0.25) is 5.13 Å². The minimum Gasteiger partial charge on any atom is -0.296 e. The fourth-order valence-corrected chi connectivity index (χ4v) is 3.06. The van der Waals surface area contributed by atoms with Crippen LogP contribution >= 0.6 is 22.9 Å². The predicted molar refractivity (Wildman–Crippen MR) is 88.4 cm³/mol. The topological polar surface area (TPSA) is 54.9 Å². The summed E-state index contributed by atoms with van der Waals surface area (Å²) in [6.45, 7) is 0. The molecule has 1 amide bonds. The van der Waals surface area contributed by atoms with Crippen molar-refractivity contribution in [1.82, 2.24) is 10.2 Å². The number of hydrogen-bond donors (Lipinski definition) is 1. The Bertz CT molecular complexity index is 908. The standard InChI is InChI=1S/C16H9ClF3N3OS/c17-12-2-1-3-13(20)11(12)7-14-22-23-16(25-14)21-15(24)8-4-9(18)6-10(19)5-8/h1-6H,7H2,(H,21,23,24). The van der Waals surface area contributed by atoms with Crippen molar-refractivity contribution >= 4 is 34.0 Å².